The molecule has 0 saturated carbocycles. The van der Waals surface area contributed by atoms with Crippen molar-refractivity contribution in [2.45, 2.75) is 19.1 Å². The van der Waals surface area contributed by atoms with Gasteiger partial charge < -0.3 is 4.84 Å². The third-order valence-electron chi connectivity index (χ3n) is 3.31. The maximum absolute atomic E-state index is 12.3. The molecular weight excluding hydrogens is 343 g/mol. The quantitative estimate of drug-likeness (QED) is 0.782. The summed E-state index contributed by atoms with van der Waals surface area (Å²) in [6, 6.07) is 7.17. The van der Waals surface area contributed by atoms with E-state index in [2.05, 4.69) is 5.10 Å². The molecule has 1 aromatic carbocycles. The second-order valence-electron chi connectivity index (χ2n) is 5.21. The molecule has 2 heterocycles. The van der Waals surface area contributed by atoms with Gasteiger partial charge in [-0.3, -0.25) is 14.3 Å². The Morgan fingerprint density at radius 1 is 1.08 bits per heavy atom. The van der Waals surface area contributed by atoms with E-state index in [1.54, 1.807) is 12.1 Å². The van der Waals surface area contributed by atoms with Crippen molar-refractivity contribution in [3.05, 3.63) is 53.3 Å². The molecule has 1 aromatic heterocycles. The van der Waals surface area contributed by atoms with Gasteiger partial charge in [-0.15, -0.1) is 0 Å². The molecule has 1 aliphatic heterocycles. The number of fused-ring (bicyclic) bond motifs is 1. The molecule has 10 heteroatoms. The molecule has 1 aliphatic rings. The average molecular weight is 353 g/mol. The van der Waals surface area contributed by atoms with Crippen LogP contribution in [0.5, 0.6) is 0 Å². The van der Waals surface area contributed by atoms with E-state index in [9.17, 15) is 27.6 Å². The molecule has 3 rings (SSSR count). The molecule has 0 fully saturated rings. The van der Waals surface area contributed by atoms with Gasteiger partial charge in [0.15, 0.2) is 0 Å². The van der Waals surface area contributed by atoms with Crippen molar-refractivity contribution in [3.63, 3.8) is 0 Å². The Morgan fingerprint density at radius 2 is 1.68 bits per heavy atom. The van der Waals surface area contributed by atoms with Crippen LogP contribution in [0.2, 0.25) is 0 Å². The molecule has 0 N–H and O–H groups in total. The first-order valence-corrected chi connectivity index (χ1v) is 7.02. The minimum absolute atomic E-state index is 0.0193. The summed E-state index contributed by atoms with van der Waals surface area (Å²) in [6.07, 6.45) is -3.86. The summed E-state index contributed by atoms with van der Waals surface area (Å²) in [5.74, 6) is -2.56. The number of carbonyl (C=O) groups excluding carboxylic acids is 3. The summed E-state index contributed by atoms with van der Waals surface area (Å²) in [4.78, 5) is 40.7. The minimum atomic E-state index is -4.44. The maximum Gasteiger partial charge on any atom is 0.408 e. The third kappa shape index (κ3) is 3.52. The molecule has 0 aliphatic carbocycles. The van der Waals surface area contributed by atoms with Crippen LogP contribution in [0.3, 0.4) is 0 Å². The van der Waals surface area contributed by atoms with Gasteiger partial charge in [0.2, 0.25) is 0 Å². The van der Waals surface area contributed by atoms with Gasteiger partial charge in [-0.05, 0) is 18.2 Å². The molecule has 0 bridgehead atoms. The Hall–Kier alpha value is -3.17. The van der Waals surface area contributed by atoms with Crippen molar-refractivity contribution in [1.82, 2.24) is 14.8 Å². The fourth-order valence-electron chi connectivity index (χ4n) is 2.30. The number of aromatic nitrogens is 2. The number of halogens is 3. The number of hydroxylamine groups is 2. The highest BCUT2D eigenvalue weighted by Crippen LogP contribution is 2.23. The van der Waals surface area contributed by atoms with Gasteiger partial charge in [-0.2, -0.15) is 18.3 Å². The lowest BCUT2D eigenvalue weighted by Gasteiger charge is -2.12. The van der Waals surface area contributed by atoms with E-state index in [1.165, 1.54) is 18.2 Å². The van der Waals surface area contributed by atoms with Crippen LogP contribution < -0.4 is 0 Å². The summed E-state index contributed by atoms with van der Waals surface area (Å²) in [7, 11) is 0. The summed E-state index contributed by atoms with van der Waals surface area (Å²) in [5, 5.41) is 3.93. The number of carbonyl (C=O) groups is 3. The number of amides is 2. The van der Waals surface area contributed by atoms with Gasteiger partial charge >= 0.3 is 12.1 Å². The van der Waals surface area contributed by atoms with Crippen molar-refractivity contribution in [3.8, 4) is 0 Å². The summed E-state index contributed by atoms with van der Waals surface area (Å²) >= 11 is 0. The Kier molecular flexibility index (Phi) is 4.03. The lowest BCUT2D eigenvalue weighted by Crippen LogP contribution is -2.33. The van der Waals surface area contributed by atoms with E-state index >= 15 is 0 Å². The molecular formula is C15H10F3N3O4. The molecule has 130 valence electrons. The van der Waals surface area contributed by atoms with Crippen LogP contribution >= 0.6 is 0 Å². The highest BCUT2D eigenvalue weighted by Gasteiger charge is 2.38. The van der Waals surface area contributed by atoms with Gasteiger partial charge in [0, 0.05) is 6.20 Å². The molecule has 7 nitrogen and oxygen atoms in total. The molecule has 2 aromatic rings. The standard InChI is InChI=1S/C15H10F3N3O4/c16-15(17,18)8-20-6-5-9(19-20)7-12(22)25-21-13(23)10-3-1-2-4-11(10)14(21)24/h1-6H,7-8H2. The van der Waals surface area contributed by atoms with Crippen LogP contribution in [0.4, 0.5) is 13.2 Å². The van der Waals surface area contributed by atoms with E-state index in [-0.39, 0.29) is 16.8 Å². The molecule has 2 amide bonds. The highest BCUT2D eigenvalue weighted by atomic mass is 19.4. The lowest BCUT2D eigenvalue weighted by atomic mass is 10.1. The Morgan fingerprint density at radius 3 is 2.24 bits per heavy atom. The predicted molar refractivity (Wildman–Crippen MR) is 75.0 cm³/mol. The number of imide groups is 1. The van der Waals surface area contributed by atoms with E-state index < -0.39 is 36.9 Å². The summed E-state index contributed by atoms with van der Waals surface area (Å²) in [5.41, 5.74) is 0.232. The number of benzene rings is 1. The number of alkyl halides is 3. The van der Waals surface area contributed by atoms with Gasteiger partial charge in [-0.25, -0.2) is 4.79 Å². The molecule has 0 saturated heterocycles. The zero-order chi connectivity index (χ0) is 18.2. The van der Waals surface area contributed by atoms with Crippen molar-refractivity contribution in [1.29, 1.82) is 0 Å². The first kappa shape index (κ1) is 16.7. The SMILES string of the molecule is O=C(Cc1ccn(CC(F)(F)F)n1)ON1C(=O)c2ccccc2C1=O. The summed E-state index contributed by atoms with van der Waals surface area (Å²) < 4.78 is 37.4. The van der Waals surface area contributed by atoms with E-state index in [0.29, 0.717) is 9.75 Å². The van der Waals surface area contributed by atoms with Crippen LogP contribution in [-0.2, 0) is 22.6 Å². The zero-order valence-electron chi connectivity index (χ0n) is 12.5. The van der Waals surface area contributed by atoms with E-state index in [0.717, 1.165) is 6.20 Å². The van der Waals surface area contributed by atoms with Crippen molar-refractivity contribution < 1.29 is 32.4 Å². The van der Waals surface area contributed by atoms with Crippen LogP contribution in [0.15, 0.2) is 36.5 Å². The van der Waals surface area contributed by atoms with Crippen LogP contribution in [0.1, 0.15) is 26.4 Å². The van der Waals surface area contributed by atoms with Crippen LogP contribution in [-0.4, -0.2) is 38.8 Å². The topological polar surface area (TPSA) is 81.5 Å². The first-order chi connectivity index (χ1) is 11.7. The number of rotatable bonds is 4. The zero-order valence-corrected chi connectivity index (χ0v) is 12.5. The smallest absolute Gasteiger partial charge is 0.329 e. The Labute approximate surface area is 138 Å². The fourth-order valence-corrected chi connectivity index (χ4v) is 2.30. The molecule has 0 spiro atoms. The maximum atomic E-state index is 12.3. The fraction of sp³-hybridized carbons (Fsp3) is 0.200. The Bertz CT molecular complexity index is 825. The van der Waals surface area contributed by atoms with Crippen molar-refractivity contribution in [2.24, 2.45) is 0 Å². The Balaban J connectivity index is 1.64. The average Bonchev–Trinajstić information content (AvgIpc) is 3.04. The number of hydrogen-bond acceptors (Lipinski definition) is 5. The van der Waals surface area contributed by atoms with Crippen molar-refractivity contribution in [2.75, 3.05) is 0 Å². The summed E-state index contributed by atoms with van der Waals surface area (Å²) in [6.45, 7) is -1.29. The molecule has 0 radical (unpaired) electrons. The van der Waals surface area contributed by atoms with E-state index in [4.69, 9.17) is 4.84 Å². The third-order valence-corrected chi connectivity index (χ3v) is 3.31. The largest absolute Gasteiger partial charge is 0.408 e. The molecule has 25 heavy (non-hydrogen) atoms. The number of hydrogen-bond donors (Lipinski definition) is 0. The monoisotopic (exact) mass is 353 g/mol. The van der Waals surface area contributed by atoms with Crippen molar-refractivity contribution >= 4 is 17.8 Å². The van der Waals surface area contributed by atoms with Gasteiger partial charge in [-0.1, -0.05) is 17.2 Å². The first-order valence-electron chi connectivity index (χ1n) is 7.02. The van der Waals surface area contributed by atoms with Gasteiger partial charge in [0.25, 0.3) is 11.8 Å². The normalized spacial score (nSPS) is 14.0. The van der Waals surface area contributed by atoms with Crippen LogP contribution in [0.25, 0.3) is 0 Å². The van der Waals surface area contributed by atoms with Gasteiger partial charge in [0.05, 0.1) is 23.2 Å². The molecule has 0 unspecified atom stereocenters. The minimum Gasteiger partial charge on any atom is -0.329 e. The van der Waals surface area contributed by atoms with Gasteiger partial charge in [0.1, 0.15) is 6.54 Å². The predicted octanol–water partition coefficient (Wildman–Crippen LogP) is 1.74. The van der Waals surface area contributed by atoms with E-state index in [1.807, 2.05) is 0 Å². The molecule has 0 atom stereocenters. The second kappa shape index (κ2) is 6.04. The highest BCUT2D eigenvalue weighted by molar-refractivity contribution is 6.20. The number of nitrogens with zero attached hydrogens (tertiary/aromatic N) is 3. The second-order valence-corrected chi connectivity index (χ2v) is 5.21. The lowest BCUT2D eigenvalue weighted by molar-refractivity contribution is -0.167. The van der Waals surface area contributed by atoms with Crippen LogP contribution in [0, 0.1) is 0 Å².